The highest BCUT2D eigenvalue weighted by Gasteiger charge is 2.10. The lowest BCUT2D eigenvalue weighted by atomic mass is 9.99. The Bertz CT molecular complexity index is 500. The van der Waals surface area contributed by atoms with Gasteiger partial charge in [-0.2, -0.15) is 0 Å². The first-order valence-electron chi connectivity index (χ1n) is 15.6. The molecule has 0 spiro atoms. The molecule has 0 rings (SSSR count). The van der Waals surface area contributed by atoms with Crippen molar-refractivity contribution >= 4 is 11.9 Å². The van der Waals surface area contributed by atoms with Crippen molar-refractivity contribution in [3.05, 3.63) is 0 Å². The number of unbranched alkanes of at least 4 members (excludes halogenated alkanes) is 12. The summed E-state index contributed by atoms with van der Waals surface area (Å²) in [5, 5.41) is 0. The first-order valence-corrected chi connectivity index (χ1v) is 15.6. The molecule has 214 valence electrons. The Hall–Kier alpha value is -1.06. The molecule has 0 N–H and O–H groups in total. The Balaban J connectivity index is 3.36. The summed E-state index contributed by atoms with van der Waals surface area (Å²) in [6.45, 7) is 12.4. The van der Waals surface area contributed by atoms with E-state index in [-0.39, 0.29) is 11.9 Å². The van der Waals surface area contributed by atoms with E-state index in [0.717, 1.165) is 56.8 Å². The highest BCUT2D eigenvalue weighted by molar-refractivity contribution is 5.69. The molecule has 4 heteroatoms. The number of carbonyl (C=O) groups excluding carboxylic acids is 2. The first-order chi connectivity index (χ1) is 17.3. The largest absolute Gasteiger partial charge is 0.466 e. The van der Waals surface area contributed by atoms with Crippen molar-refractivity contribution in [2.75, 3.05) is 13.2 Å². The molecule has 0 aromatic carbocycles. The van der Waals surface area contributed by atoms with Crippen LogP contribution in [0.15, 0.2) is 0 Å². The Morgan fingerprint density at radius 2 is 0.861 bits per heavy atom. The fourth-order valence-electron chi connectivity index (χ4n) is 4.55. The maximum Gasteiger partial charge on any atom is 0.306 e. The summed E-state index contributed by atoms with van der Waals surface area (Å²) in [5.74, 6) is 1.93. The molecule has 1 unspecified atom stereocenters. The van der Waals surface area contributed by atoms with E-state index in [0.29, 0.717) is 32.0 Å². The summed E-state index contributed by atoms with van der Waals surface area (Å²) in [7, 11) is 0. The molecule has 0 amide bonds. The maximum absolute atomic E-state index is 12.0. The summed E-state index contributed by atoms with van der Waals surface area (Å²) < 4.78 is 10.7. The van der Waals surface area contributed by atoms with Crippen LogP contribution in [0.2, 0.25) is 0 Å². The molecule has 0 bridgehead atoms. The molecule has 0 saturated carbocycles. The quantitative estimate of drug-likeness (QED) is 0.0858. The average molecular weight is 511 g/mol. The third kappa shape index (κ3) is 27.5. The predicted molar refractivity (Wildman–Crippen MR) is 153 cm³/mol. The van der Waals surface area contributed by atoms with Crippen LogP contribution in [0.25, 0.3) is 0 Å². The van der Waals surface area contributed by atoms with Crippen molar-refractivity contribution in [1.29, 1.82) is 0 Å². The predicted octanol–water partition coefficient (Wildman–Crippen LogP) is 9.82. The Kier molecular flexibility index (Phi) is 24.8. The fraction of sp³-hybridized carbons (Fsp3) is 0.938. The molecule has 0 aliphatic rings. The number of hydrogen-bond acceptors (Lipinski definition) is 4. The smallest absolute Gasteiger partial charge is 0.306 e. The molecule has 4 nitrogen and oxygen atoms in total. The van der Waals surface area contributed by atoms with E-state index in [1.807, 2.05) is 0 Å². The van der Waals surface area contributed by atoms with Crippen LogP contribution in [-0.2, 0) is 19.1 Å². The fourth-order valence-corrected chi connectivity index (χ4v) is 4.55. The van der Waals surface area contributed by atoms with Gasteiger partial charge in [0.15, 0.2) is 0 Å². The van der Waals surface area contributed by atoms with Crippen LogP contribution in [0.4, 0.5) is 0 Å². The maximum atomic E-state index is 12.0. The van der Waals surface area contributed by atoms with Gasteiger partial charge in [-0.15, -0.1) is 0 Å². The summed E-state index contributed by atoms with van der Waals surface area (Å²) in [6.07, 6.45) is 22.5. The zero-order valence-electron chi connectivity index (χ0n) is 24.9. The normalized spacial score (nSPS) is 12.3. The van der Waals surface area contributed by atoms with Gasteiger partial charge in [-0.1, -0.05) is 131 Å². The van der Waals surface area contributed by atoms with E-state index in [2.05, 4.69) is 34.6 Å². The molecule has 0 heterocycles. The second-order valence-electron chi connectivity index (χ2n) is 12.0. The zero-order chi connectivity index (χ0) is 26.9. The van der Waals surface area contributed by atoms with Crippen LogP contribution < -0.4 is 0 Å². The minimum absolute atomic E-state index is 0.0153. The van der Waals surface area contributed by atoms with Gasteiger partial charge in [0.2, 0.25) is 0 Å². The molecular formula is C32H62O4. The van der Waals surface area contributed by atoms with Crippen molar-refractivity contribution < 1.29 is 19.1 Å². The summed E-state index contributed by atoms with van der Waals surface area (Å²) in [4.78, 5) is 23.7. The van der Waals surface area contributed by atoms with Gasteiger partial charge in [-0.25, -0.2) is 0 Å². The highest BCUT2D eigenvalue weighted by Crippen LogP contribution is 2.17. The molecule has 0 radical (unpaired) electrons. The minimum atomic E-state index is -0.0169. The van der Waals surface area contributed by atoms with E-state index >= 15 is 0 Å². The Labute approximate surface area is 225 Å². The summed E-state index contributed by atoms with van der Waals surface area (Å²) >= 11 is 0. The SMILES string of the molecule is CC(C)CCCCCOC(=O)CCCCCCCCCCCC(C)CC(=O)OCCCCCC(C)C. The Morgan fingerprint density at radius 3 is 1.36 bits per heavy atom. The van der Waals surface area contributed by atoms with Crippen LogP contribution in [0, 0.1) is 17.8 Å². The molecule has 0 fully saturated rings. The van der Waals surface area contributed by atoms with Gasteiger partial charge in [0.1, 0.15) is 0 Å². The van der Waals surface area contributed by atoms with E-state index in [1.165, 1.54) is 70.6 Å². The average Bonchev–Trinajstić information content (AvgIpc) is 2.81. The Morgan fingerprint density at radius 1 is 0.472 bits per heavy atom. The highest BCUT2D eigenvalue weighted by atomic mass is 16.5. The number of rotatable bonds is 26. The third-order valence-electron chi connectivity index (χ3n) is 6.97. The molecular weight excluding hydrogens is 448 g/mol. The van der Waals surface area contributed by atoms with E-state index in [1.54, 1.807) is 0 Å². The lowest BCUT2D eigenvalue weighted by Gasteiger charge is -2.11. The van der Waals surface area contributed by atoms with Crippen LogP contribution >= 0.6 is 0 Å². The molecule has 0 aliphatic carbocycles. The molecule has 0 saturated heterocycles. The van der Waals surface area contributed by atoms with Crippen LogP contribution in [-0.4, -0.2) is 25.2 Å². The van der Waals surface area contributed by atoms with E-state index < -0.39 is 0 Å². The van der Waals surface area contributed by atoms with Gasteiger partial charge in [0, 0.05) is 12.8 Å². The zero-order valence-corrected chi connectivity index (χ0v) is 24.9. The van der Waals surface area contributed by atoms with Gasteiger partial charge in [0.25, 0.3) is 0 Å². The third-order valence-corrected chi connectivity index (χ3v) is 6.97. The van der Waals surface area contributed by atoms with Crippen molar-refractivity contribution in [1.82, 2.24) is 0 Å². The van der Waals surface area contributed by atoms with Gasteiger partial charge in [0.05, 0.1) is 13.2 Å². The van der Waals surface area contributed by atoms with Crippen molar-refractivity contribution in [2.45, 2.75) is 163 Å². The van der Waals surface area contributed by atoms with Gasteiger partial charge in [-0.3, -0.25) is 9.59 Å². The second kappa shape index (κ2) is 25.6. The summed E-state index contributed by atoms with van der Waals surface area (Å²) in [5.41, 5.74) is 0. The number of hydrogen-bond donors (Lipinski definition) is 0. The molecule has 36 heavy (non-hydrogen) atoms. The topological polar surface area (TPSA) is 52.6 Å². The number of esters is 2. The van der Waals surface area contributed by atoms with Crippen molar-refractivity contribution in [2.24, 2.45) is 17.8 Å². The van der Waals surface area contributed by atoms with Crippen LogP contribution in [0.3, 0.4) is 0 Å². The summed E-state index contributed by atoms with van der Waals surface area (Å²) in [6, 6.07) is 0. The van der Waals surface area contributed by atoms with Gasteiger partial charge >= 0.3 is 11.9 Å². The monoisotopic (exact) mass is 510 g/mol. The van der Waals surface area contributed by atoms with Gasteiger partial charge < -0.3 is 9.47 Å². The minimum Gasteiger partial charge on any atom is -0.466 e. The van der Waals surface area contributed by atoms with Crippen molar-refractivity contribution in [3.8, 4) is 0 Å². The number of carbonyl (C=O) groups is 2. The second-order valence-corrected chi connectivity index (χ2v) is 12.0. The molecule has 0 aromatic rings. The van der Waals surface area contributed by atoms with Crippen LogP contribution in [0.5, 0.6) is 0 Å². The van der Waals surface area contributed by atoms with Crippen LogP contribution in [0.1, 0.15) is 163 Å². The molecule has 0 aromatic heterocycles. The van der Waals surface area contributed by atoms with Crippen molar-refractivity contribution in [3.63, 3.8) is 0 Å². The number of ether oxygens (including phenoxy) is 2. The molecule has 1 atom stereocenters. The van der Waals surface area contributed by atoms with E-state index in [9.17, 15) is 9.59 Å². The standard InChI is InChI=1S/C32H62O4/c1-28(2)21-15-13-19-25-35-31(33)24-18-12-10-8-6-7-9-11-17-23-30(5)27-32(34)36-26-20-14-16-22-29(3)4/h28-30H,6-27H2,1-5H3. The lowest BCUT2D eigenvalue weighted by molar-refractivity contribution is -0.145. The lowest BCUT2D eigenvalue weighted by Crippen LogP contribution is -2.10. The molecule has 0 aliphatic heterocycles. The van der Waals surface area contributed by atoms with E-state index in [4.69, 9.17) is 9.47 Å². The first kappa shape index (κ1) is 34.9. The van der Waals surface area contributed by atoms with Gasteiger partial charge in [-0.05, 0) is 37.0 Å².